The molecule has 124 valence electrons. The van der Waals surface area contributed by atoms with Gasteiger partial charge in [0, 0.05) is 23.5 Å². The zero-order chi connectivity index (χ0) is 17.4. The number of aryl methyl sites for hydroxylation is 1. The van der Waals surface area contributed by atoms with Crippen LogP contribution in [0.25, 0.3) is 6.08 Å². The van der Waals surface area contributed by atoms with Crippen molar-refractivity contribution in [3.05, 3.63) is 56.7 Å². The van der Waals surface area contributed by atoms with Crippen LogP contribution < -0.4 is 5.32 Å². The number of thioether (sulfide) groups is 1. The molecule has 4 nitrogen and oxygen atoms in total. The third-order valence-corrected chi connectivity index (χ3v) is 5.53. The van der Waals surface area contributed by atoms with Crippen LogP contribution in [0.1, 0.15) is 22.5 Å². The molecular weight excluding hydrogens is 342 g/mol. The first kappa shape index (κ1) is 16.9. The third-order valence-electron chi connectivity index (χ3n) is 4.21. The molecule has 2 heterocycles. The first-order valence-corrected chi connectivity index (χ1v) is 8.74. The van der Waals surface area contributed by atoms with Crippen molar-refractivity contribution in [2.24, 2.45) is 12.0 Å². The number of rotatable bonds is 2. The van der Waals surface area contributed by atoms with Crippen LogP contribution in [0.15, 0.2) is 34.2 Å². The van der Waals surface area contributed by atoms with Gasteiger partial charge in [-0.1, -0.05) is 17.7 Å². The topological polar surface area (TPSA) is 46.4 Å². The van der Waals surface area contributed by atoms with Gasteiger partial charge >= 0.3 is 0 Å². The lowest BCUT2D eigenvalue weighted by Gasteiger charge is -2.02. The Balaban J connectivity index is 1.91. The van der Waals surface area contributed by atoms with Crippen LogP contribution in [0.2, 0.25) is 5.02 Å². The maximum atomic E-state index is 12.2. The number of carbonyl (C=O) groups is 1. The Labute approximate surface area is 150 Å². The van der Waals surface area contributed by atoms with Crippen LogP contribution >= 0.6 is 23.4 Å². The minimum Gasteiger partial charge on any atom is -0.352 e. The highest BCUT2D eigenvalue weighted by atomic mass is 35.5. The van der Waals surface area contributed by atoms with Crippen molar-refractivity contribution >= 4 is 46.2 Å². The van der Waals surface area contributed by atoms with Crippen LogP contribution in [-0.4, -0.2) is 15.6 Å². The molecule has 1 saturated heterocycles. The first-order chi connectivity index (χ1) is 11.4. The van der Waals surface area contributed by atoms with Gasteiger partial charge in [0.1, 0.15) is 0 Å². The minimum absolute atomic E-state index is 0.126. The van der Waals surface area contributed by atoms with E-state index in [1.807, 2.05) is 52.1 Å². The smallest absolute Gasteiger partial charge is 0.264 e. The molecule has 0 unspecified atom stereocenters. The summed E-state index contributed by atoms with van der Waals surface area (Å²) in [5.74, 6) is -0.126. The summed E-state index contributed by atoms with van der Waals surface area (Å²) >= 11 is 7.47. The molecule has 6 heteroatoms. The maximum Gasteiger partial charge on any atom is 0.264 e. The molecule has 24 heavy (non-hydrogen) atoms. The van der Waals surface area contributed by atoms with Crippen LogP contribution in [0.5, 0.6) is 0 Å². The summed E-state index contributed by atoms with van der Waals surface area (Å²) in [4.78, 5) is 17.4. The van der Waals surface area contributed by atoms with Crippen LogP contribution in [-0.2, 0) is 11.8 Å². The van der Waals surface area contributed by atoms with Crippen molar-refractivity contribution < 1.29 is 4.79 Å². The van der Waals surface area contributed by atoms with Gasteiger partial charge in [-0.15, -0.1) is 0 Å². The number of nitrogens with zero attached hydrogens (tertiary/aromatic N) is 2. The normalized spacial score (nSPS) is 17.8. The number of amidine groups is 1. The molecule has 0 bridgehead atoms. The van der Waals surface area contributed by atoms with E-state index in [-0.39, 0.29) is 5.91 Å². The van der Waals surface area contributed by atoms with Crippen LogP contribution in [0, 0.1) is 20.8 Å². The van der Waals surface area contributed by atoms with E-state index in [1.54, 1.807) is 0 Å². The summed E-state index contributed by atoms with van der Waals surface area (Å²) in [7, 11) is 2.02. The average molecular weight is 360 g/mol. The maximum absolute atomic E-state index is 12.2. The third kappa shape index (κ3) is 3.14. The molecular formula is C18H18ClN3OS. The largest absolute Gasteiger partial charge is 0.352 e. The number of nitrogens with one attached hydrogen (secondary N) is 1. The monoisotopic (exact) mass is 359 g/mol. The summed E-state index contributed by atoms with van der Waals surface area (Å²) in [5.41, 5.74) is 5.00. The highest BCUT2D eigenvalue weighted by molar-refractivity contribution is 8.18. The molecule has 1 fully saturated rings. The number of aliphatic imine (C=N–C) groups is 1. The number of hydrogen-bond donors (Lipinski definition) is 1. The Bertz CT molecular complexity index is 896. The quantitative estimate of drug-likeness (QED) is 0.803. The van der Waals surface area contributed by atoms with Crippen molar-refractivity contribution in [1.29, 1.82) is 0 Å². The minimum atomic E-state index is -0.126. The van der Waals surface area contributed by atoms with Gasteiger partial charge < -0.3 is 9.88 Å². The fraction of sp³-hybridized carbons (Fsp3) is 0.222. The molecule has 1 amide bonds. The Morgan fingerprint density at radius 1 is 1.29 bits per heavy atom. The molecule has 1 aromatic heterocycles. The molecule has 0 atom stereocenters. The molecule has 0 radical (unpaired) electrons. The summed E-state index contributed by atoms with van der Waals surface area (Å²) in [5, 5.41) is 4.05. The Hall–Kier alpha value is -1.98. The van der Waals surface area contributed by atoms with Gasteiger partial charge in [0.15, 0.2) is 5.17 Å². The number of carbonyl (C=O) groups excluding carboxylic acids is 1. The predicted molar refractivity (Wildman–Crippen MR) is 102 cm³/mol. The van der Waals surface area contributed by atoms with Crippen LogP contribution in [0.3, 0.4) is 0 Å². The zero-order valence-electron chi connectivity index (χ0n) is 14.0. The average Bonchev–Trinajstić information content (AvgIpc) is 2.99. The molecule has 0 aliphatic carbocycles. The van der Waals surface area contributed by atoms with Crippen molar-refractivity contribution in [1.82, 2.24) is 9.88 Å². The van der Waals surface area contributed by atoms with Crippen molar-refractivity contribution in [2.75, 3.05) is 0 Å². The molecule has 1 N–H and O–H groups in total. The first-order valence-electron chi connectivity index (χ1n) is 7.54. The molecule has 3 rings (SSSR count). The molecule has 1 aliphatic heterocycles. The van der Waals surface area contributed by atoms with Gasteiger partial charge in [0.05, 0.1) is 10.6 Å². The number of hydrogen-bond acceptors (Lipinski definition) is 3. The van der Waals surface area contributed by atoms with E-state index in [0.717, 1.165) is 28.2 Å². The summed E-state index contributed by atoms with van der Waals surface area (Å²) in [6.45, 7) is 6.00. The molecule has 1 aromatic carbocycles. The Kier molecular flexibility index (Phi) is 4.56. The number of halogens is 1. The highest BCUT2D eigenvalue weighted by Gasteiger charge is 2.24. The van der Waals surface area contributed by atoms with Gasteiger partial charge in [-0.3, -0.25) is 4.79 Å². The van der Waals surface area contributed by atoms with E-state index in [4.69, 9.17) is 11.6 Å². The lowest BCUT2D eigenvalue weighted by molar-refractivity contribution is -0.115. The van der Waals surface area contributed by atoms with Crippen molar-refractivity contribution in [3.8, 4) is 0 Å². The van der Waals surface area contributed by atoms with E-state index in [2.05, 4.69) is 20.9 Å². The van der Waals surface area contributed by atoms with Gasteiger partial charge in [-0.25, -0.2) is 4.99 Å². The highest BCUT2D eigenvalue weighted by Crippen LogP contribution is 2.31. The lowest BCUT2D eigenvalue weighted by Crippen LogP contribution is -2.19. The number of amides is 1. The fourth-order valence-electron chi connectivity index (χ4n) is 2.48. The Morgan fingerprint density at radius 2 is 2.04 bits per heavy atom. The predicted octanol–water partition coefficient (Wildman–Crippen LogP) is 4.50. The second-order valence-electron chi connectivity index (χ2n) is 5.75. The van der Waals surface area contributed by atoms with E-state index >= 15 is 0 Å². The SMILES string of the molecule is Cc1c(Cl)cccc1N=C1NC(=O)/C(=C/c2cc(C)n(C)c2C)S1. The number of benzene rings is 1. The number of aromatic nitrogens is 1. The lowest BCUT2D eigenvalue weighted by atomic mass is 10.2. The van der Waals surface area contributed by atoms with E-state index in [0.29, 0.717) is 15.1 Å². The van der Waals surface area contributed by atoms with Crippen LogP contribution in [0.4, 0.5) is 5.69 Å². The Morgan fingerprint density at radius 3 is 2.71 bits per heavy atom. The second kappa shape index (κ2) is 6.49. The summed E-state index contributed by atoms with van der Waals surface area (Å²) in [6.07, 6.45) is 1.91. The van der Waals surface area contributed by atoms with Gasteiger partial charge in [0.2, 0.25) is 0 Å². The standard InChI is InChI=1S/C18H18ClN3OS/c1-10-8-13(12(3)22(10)4)9-16-17(23)21-18(24-16)20-15-7-5-6-14(19)11(15)2/h5-9H,1-4H3,(H,20,21,23)/b16-9-. The zero-order valence-corrected chi connectivity index (χ0v) is 15.5. The summed E-state index contributed by atoms with van der Waals surface area (Å²) in [6, 6.07) is 7.63. The van der Waals surface area contributed by atoms with Gasteiger partial charge in [-0.2, -0.15) is 0 Å². The van der Waals surface area contributed by atoms with Crippen molar-refractivity contribution in [3.63, 3.8) is 0 Å². The molecule has 0 spiro atoms. The van der Waals surface area contributed by atoms with E-state index in [9.17, 15) is 4.79 Å². The van der Waals surface area contributed by atoms with E-state index < -0.39 is 0 Å². The van der Waals surface area contributed by atoms with Crippen molar-refractivity contribution in [2.45, 2.75) is 20.8 Å². The summed E-state index contributed by atoms with van der Waals surface area (Å²) < 4.78 is 2.11. The molecule has 1 aliphatic rings. The van der Waals surface area contributed by atoms with Gasteiger partial charge in [-0.05, 0) is 67.9 Å². The second-order valence-corrected chi connectivity index (χ2v) is 7.19. The van der Waals surface area contributed by atoms with E-state index in [1.165, 1.54) is 11.8 Å². The molecule has 2 aromatic rings. The fourth-order valence-corrected chi connectivity index (χ4v) is 3.47. The van der Waals surface area contributed by atoms with Gasteiger partial charge in [0.25, 0.3) is 5.91 Å². The molecule has 0 saturated carbocycles.